The first-order valence-electron chi connectivity index (χ1n) is 17.5. The van der Waals surface area contributed by atoms with Crippen molar-refractivity contribution in [3.05, 3.63) is 187 Å². The summed E-state index contributed by atoms with van der Waals surface area (Å²) in [6.45, 7) is 4.73. The molecule has 9 aromatic carbocycles. The van der Waals surface area contributed by atoms with Crippen molar-refractivity contribution in [2.75, 3.05) is 4.90 Å². The van der Waals surface area contributed by atoms with Crippen LogP contribution in [-0.2, 0) is 5.41 Å². The molecule has 0 atom stereocenters. The third kappa shape index (κ3) is 4.27. The van der Waals surface area contributed by atoms with Crippen LogP contribution in [0.3, 0.4) is 0 Å². The molecular weight excluding hydrogens is 603 g/mol. The normalized spacial score (nSPS) is 13.2. The SMILES string of the molecule is CC1(C)c2ccccc2-c2ccc(N(c3ccccc3-c3ccc4ccccc4c3)c3cc4ccc5ccccc5c4c4ccccc34)cc21. The molecule has 236 valence electrons. The van der Waals surface area contributed by atoms with E-state index in [9.17, 15) is 0 Å². The lowest BCUT2D eigenvalue weighted by atomic mass is 9.82. The van der Waals surface area contributed by atoms with Crippen LogP contribution in [0.1, 0.15) is 25.0 Å². The van der Waals surface area contributed by atoms with Crippen LogP contribution in [0, 0.1) is 0 Å². The van der Waals surface area contributed by atoms with Gasteiger partial charge in [-0.05, 0) is 95.9 Å². The molecule has 1 aliphatic rings. The molecule has 0 saturated heterocycles. The summed E-state index contributed by atoms with van der Waals surface area (Å²) in [4.78, 5) is 2.51. The molecule has 1 nitrogen and oxygen atoms in total. The van der Waals surface area contributed by atoms with Crippen LogP contribution in [0.2, 0.25) is 0 Å². The summed E-state index contributed by atoms with van der Waals surface area (Å²) in [5.41, 5.74) is 11.2. The fourth-order valence-electron chi connectivity index (χ4n) is 8.55. The highest BCUT2D eigenvalue weighted by atomic mass is 15.1. The lowest BCUT2D eigenvalue weighted by Gasteiger charge is -2.31. The second-order valence-electron chi connectivity index (χ2n) is 14.1. The molecule has 1 aliphatic carbocycles. The Hall–Kier alpha value is -6.18. The Balaban J connectivity index is 1.28. The maximum Gasteiger partial charge on any atom is 0.0546 e. The highest BCUT2D eigenvalue weighted by Gasteiger charge is 2.36. The summed E-state index contributed by atoms with van der Waals surface area (Å²) in [5, 5.41) is 10.1. The van der Waals surface area contributed by atoms with Crippen molar-refractivity contribution in [2.24, 2.45) is 0 Å². The predicted octanol–water partition coefficient (Wildman–Crippen LogP) is 13.7. The number of para-hydroxylation sites is 1. The topological polar surface area (TPSA) is 3.24 Å². The second kappa shape index (κ2) is 10.9. The Morgan fingerprint density at radius 1 is 0.380 bits per heavy atom. The molecule has 0 heterocycles. The van der Waals surface area contributed by atoms with E-state index in [1.807, 2.05) is 0 Å². The van der Waals surface area contributed by atoms with Crippen LogP contribution < -0.4 is 4.90 Å². The summed E-state index contributed by atoms with van der Waals surface area (Å²) in [6.07, 6.45) is 0. The molecule has 0 bridgehead atoms. The average molecular weight is 638 g/mol. The highest BCUT2D eigenvalue weighted by molar-refractivity contribution is 6.23. The van der Waals surface area contributed by atoms with Gasteiger partial charge in [-0.1, -0.05) is 159 Å². The van der Waals surface area contributed by atoms with E-state index in [1.165, 1.54) is 82.2 Å². The molecule has 50 heavy (non-hydrogen) atoms. The van der Waals surface area contributed by atoms with E-state index < -0.39 is 0 Å². The fourth-order valence-corrected chi connectivity index (χ4v) is 8.55. The van der Waals surface area contributed by atoms with Gasteiger partial charge in [0.15, 0.2) is 0 Å². The Morgan fingerprint density at radius 2 is 1.00 bits per heavy atom. The Bertz CT molecular complexity index is 2800. The molecule has 0 N–H and O–H groups in total. The minimum Gasteiger partial charge on any atom is -0.309 e. The van der Waals surface area contributed by atoms with Crippen molar-refractivity contribution in [2.45, 2.75) is 19.3 Å². The summed E-state index contributed by atoms with van der Waals surface area (Å²) in [5.74, 6) is 0. The zero-order valence-electron chi connectivity index (χ0n) is 28.2. The van der Waals surface area contributed by atoms with Gasteiger partial charge < -0.3 is 4.90 Å². The average Bonchev–Trinajstić information content (AvgIpc) is 3.40. The molecule has 0 amide bonds. The van der Waals surface area contributed by atoms with Crippen LogP contribution >= 0.6 is 0 Å². The van der Waals surface area contributed by atoms with E-state index in [-0.39, 0.29) is 5.41 Å². The van der Waals surface area contributed by atoms with Crippen molar-refractivity contribution in [1.82, 2.24) is 0 Å². The molecule has 0 radical (unpaired) electrons. The summed E-state index contributed by atoms with van der Waals surface area (Å²) in [7, 11) is 0. The van der Waals surface area contributed by atoms with Gasteiger partial charge in [-0.25, -0.2) is 0 Å². The van der Waals surface area contributed by atoms with Crippen molar-refractivity contribution in [3.63, 3.8) is 0 Å². The molecule has 1 heteroatoms. The molecule has 0 unspecified atom stereocenters. The van der Waals surface area contributed by atoms with Crippen LogP contribution in [-0.4, -0.2) is 0 Å². The van der Waals surface area contributed by atoms with E-state index >= 15 is 0 Å². The summed E-state index contributed by atoms with van der Waals surface area (Å²) < 4.78 is 0. The number of anilines is 3. The summed E-state index contributed by atoms with van der Waals surface area (Å²) >= 11 is 0. The van der Waals surface area contributed by atoms with Gasteiger partial charge in [-0.2, -0.15) is 0 Å². The third-order valence-corrected chi connectivity index (χ3v) is 11.0. The quantitative estimate of drug-likeness (QED) is 0.174. The van der Waals surface area contributed by atoms with Gasteiger partial charge >= 0.3 is 0 Å². The minimum atomic E-state index is -0.115. The molecule has 0 aromatic heterocycles. The van der Waals surface area contributed by atoms with E-state index in [0.29, 0.717) is 0 Å². The largest absolute Gasteiger partial charge is 0.309 e. The van der Waals surface area contributed by atoms with Crippen LogP contribution in [0.15, 0.2) is 176 Å². The van der Waals surface area contributed by atoms with E-state index in [2.05, 4.69) is 195 Å². The fraction of sp³-hybridized carbons (Fsp3) is 0.0612. The van der Waals surface area contributed by atoms with Crippen molar-refractivity contribution in [3.8, 4) is 22.3 Å². The first-order chi connectivity index (χ1) is 24.6. The second-order valence-corrected chi connectivity index (χ2v) is 14.1. The van der Waals surface area contributed by atoms with Gasteiger partial charge in [0.05, 0.1) is 11.4 Å². The van der Waals surface area contributed by atoms with Gasteiger partial charge in [-0.3, -0.25) is 0 Å². The zero-order chi connectivity index (χ0) is 33.4. The Kier molecular flexibility index (Phi) is 6.29. The first-order valence-corrected chi connectivity index (χ1v) is 17.5. The van der Waals surface area contributed by atoms with Gasteiger partial charge in [0.1, 0.15) is 0 Å². The van der Waals surface area contributed by atoms with E-state index in [4.69, 9.17) is 0 Å². The van der Waals surface area contributed by atoms with E-state index in [1.54, 1.807) is 0 Å². The van der Waals surface area contributed by atoms with Crippen LogP contribution in [0.5, 0.6) is 0 Å². The molecule has 10 rings (SSSR count). The molecule has 0 saturated carbocycles. The smallest absolute Gasteiger partial charge is 0.0546 e. The van der Waals surface area contributed by atoms with Crippen molar-refractivity contribution in [1.29, 1.82) is 0 Å². The first kappa shape index (κ1) is 28.8. The lowest BCUT2D eigenvalue weighted by molar-refractivity contribution is 0.660. The Morgan fingerprint density at radius 3 is 1.86 bits per heavy atom. The third-order valence-electron chi connectivity index (χ3n) is 11.0. The van der Waals surface area contributed by atoms with Gasteiger partial charge in [0, 0.05) is 22.1 Å². The Labute approximate surface area is 292 Å². The maximum absolute atomic E-state index is 2.51. The molecule has 0 spiro atoms. The van der Waals surface area contributed by atoms with Crippen molar-refractivity contribution >= 4 is 60.2 Å². The number of rotatable bonds is 4. The number of nitrogens with zero attached hydrogens (tertiary/aromatic N) is 1. The van der Waals surface area contributed by atoms with Gasteiger partial charge in [0.25, 0.3) is 0 Å². The van der Waals surface area contributed by atoms with Crippen molar-refractivity contribution < 1.29 is 0 Å². The monoisotopic (exact) mass is 637 g/mol. The minimum absolute atomic E-state index is 0.115. The van der Waals surface area contributed by atoms with Gasteiger partial charge in [0.2, 0.25) is 0 Å². The molecular formula is C49H35N. The molecule has 9 aromatic rings. The van der Waals surface area contributed by atoms with E-state index in [0.717, 1.165) is 11.4 Å². The van der Waals surface area contributed by atoms with Crippen LogP contribution in [0.25, 0.3) is 65.3 Å². The maximum atomic E-state index is 2.51. The number of hydrogen-bond acceptors (Lipinski definition) is 1. The van der Waals surface area contributed by atoms with Gasteiger partial charge in [-0.15, -0.1) is 0 Å². The molecule has 0 aliphatic heterocycles. The predicted molar refractivity (Wildman–Crippen MR) is 214 cm³/mol. The number of hydrogen-bond donors (Lipinski definition) is 0. The number of fused-ring (bicyclic) bond motifs is 9. The standard InChI is InChI=1S/C49H35N/c1-49(2)44-21-11-9-18-40(44)41-28-27-37(31-45(41)49)50(46-22-12-10-16-38(46)35-25-23-32-13-3-4-15-34(32)29-35)47-30-36-26-24-33-14-5-6-17-39(33)48(36)43-20-8-7-19-42(43)47/h3-31H,1-2H3. The number of benzene rings is 9. The molecule has 0 fully saturated rings. The zero-order valence-corrected chi connectivity index (χ0v) is 28.2. The lowest BCUT2D eigenvalue weighted by Crippen LogP contribution is -2.17. The summed E-state index contributed by atoms with van der Waals surface area (Å²) in [6, 6.07) is 65.1. The van der Waals surface area contributed by atoms with Crippen LogP contribution in [0.4, 0.5) is 17.1 Å². The highest BCUT2D eigenvalue weighted by Crippen LogP contribution is 2.52.